The molecule has 0 aliphatic heterocycles. The summed E-state index contributed by atoms with van der Waals surface area (Å²) in [5, 5.41) is 0. The highest BCUT2D eigenvalue weighted by atomic mass is 16.6. The zero-order valence-corrected chi connectivity index (χ0v) is 30.5. The van der Waals surface area contributed by atoms with Crippen molar-refractivity contribution in [3.05, 3.63) is 154 Å². The second kappa shape index (κ2) is 17.9. The molecule has 0 heterocycles. The second-order valence-corrected chi connectivity index (χ2v) is 13.4. The third-order valence-electron chi connectivity index (χ3n) is 8.21. The van der Waals surface area contributed by atoms with Gasteiger partial charge in [-0.2, -0.15) is 0 Å². The van der Waals surface area contributed by atoms with Gasteiger partial charge in [-0.25, -0.2) is 4.79 Å². The molecule has 0 atom stereocenters. The normalized spacial score (nSPS) is 13.4. The van der Waals surface area contributed by atoms with Crippen molar-refractivity contribution in [2.75, 3.05) is 20.8 Å². The van der Waals surface area contributed by atoms with Crippen LogP contribution < -0.4 is 18.9 Å². The summed E-state index contributed by atoms with van der Waals surface area (Å²) in [5.41, 5.74) is 5.74. The minimum atomic E-state index is -0.609. The Labute approximate surface area is 306 Å². The first-order valence-corrected chi connectivity index (χ1v) is 17.2. The minimum Gasteiger partial charge on any atom is -0.497 e. The molecule has 5 rings (SSSR count). The van der Waals surface area contributed by atoms with Crippen LogP contribution in [0.2, 0.25) is 0 Å². The van der Waals surface area contributed by atoms with Crippen molar-refractivity contribution in [1.82, 2.24) is 0 Å². The van der Waals surface area contributed by atoms with Gasteiger partial charge in [0.15, 0.2) is 11.5 Å². The molecule has 0 unspecified atom stereocenters. The Kier molecular flexibility index (Phi) is 12.9. The summed E-state index contributed by atoms with van der Waals surface area (Å²) in [4.78, 5) is 26.1. The molecule has 0 spiro atoms. The molecule has 0 saturated carbocycles. The fraction of sp³-hybridized carbons (Fsp3) is 0.273. The Bertz CT molecular complexity index is 1900. The standard InChI is InChI=1S/C44H46O8/c1-44(2,3)52-43(46)27-35-12-9-13-36(39(35)24-31-10-7-6-8-11-31)30-51-42(45)26-34-18-23-40(49-28-32-14-19-37(47-4)20-15-32)41(25-34)50-29-33-16-21-38(48-5)22-17-33/h6-11,13-23,25,27H,12,24,26,28-30H2,1-5H3/b35-27-. The number of hydrogen-bond acceptors (Lipinski definition) is 8. The van der Waals surface area contributed by atoms with Crippen molar-refractivity contribution in [2.45, 2.75) is 58.8 Å². The van der Waals surface area contributed by atoms with Crippen LogP contribution in [-0.4, -0.2) is 38.4 Å². The summed E-state index contributed by atoms with van der Waals surface area (Å²) in [6.07, 6.45) is 6.69. The summed E-state index contributed by atoms with van der Waals surface area (Å²) in [5.74, 6) is 1.79. The molecule has 4 aromatic rings. The SMILES string of the molecule is COc1ccc(COc2ccc(CC(=O)OCC3=C(Cc4ccccc4)/C(=C\C(=O)OC(C)(C)C)CC=C3)cc2OCc2ccc(OC)cc2)cc1. The molecule has 270 valence electrons. The fourth-order valence-corrected chi connectivity index (χ4v) is 5.58. The fourth-order valence-electron chi connectivity index (χ4n) is 5.58. The van der Waals surface area contributed by atoms with Crippen LogP contribution in [0.4, 0.5) is 0 Å². The average Bonchev–Trinajstić information content (AvgIpc) is 3.13. The predicted molar refractivity (Wildman–Crippen MR) is 201 cm³/mol. The molecule has 8 nitrogen and oxygen atoms in total. The van der Waals surface area contributed by atoms with E-state index >= 15 is 0 Å². The van der Waals surface area contributed by atoms with E-state index in [0.717, 1.165) is 50.5 Å². The van der Waals surface area contributed by atoms with Crippen molar-refractivity contribution >= 4 is 11.9 Å². The van der Waals surface area contributed by atoms with Gasteiger partial charge in [0.1, 0.15) is 36.9 Å². The second-order valence-electron chi connectivity index (χ2n) is 13.4. The largest absolute Gasteiger partial charge is 0.497 e. The summed E-state index contributed by atoms with van der Waals surface area (Å²) in [6.45, 7) is 6.20. The molecule has 1 aliphatic rings. The van der Waals surface area contributed by atoms with E-state index in [1.807, 2.05) is 130 Å². The molecule has 0 saturated heterocycles. The average molecular weight is 703 g/mol. The molecule has 8 heteroatoms. The van der Waals surface area contributed by atoms with E-state index in [0.29, 0.717) is 37.6 Å². The predicted octanol–water partition coefficient (Wildman–Crippen LogP) is 8.71. The van der Waals surface area contributed by atoms with Crippen molar-refractivity contribution in [1.29, 1.82) is 0 Å². The number of allylic oxidation sites excluding steroid dienone is 3. The van der Waals surface area contributed by atoms with Gasteiger partial charge in [-0.15, -0.1) is 0 Å². The first kappa shape index (κ1) is 37.5. The number of carbonyl (C=O) groups is 2. The van der Waals surface area contributed by atoms with Gasteiger partial charge in [-0.05, 0) is 109 Å². The van der Waals surface area contributed by atoms with Crippen LogP contribution >= 0.6 is 0 Å². The Morgan fingerprint density at radius 1 is 0.692 bits per heavy atom. The van der Waals surface area contributed by atoms with E-state index in [1.165, 1.54) is 0 Å². The Hall–Kier alpha value is -5.76. The van der Waals surface area contributed by atoms with E-state index in [-0.39, 0.29) is 13.0 Å². The van der Waals surface area contributed by atoms with Gasteiger partial charge in [0, 0.05) is 6.08 Å². The van der Waals surface area contributed by atoms with Gasteiger partial charge in [0.2, 0.25) is 0 Å². The van der Waals surface area contributed by atoms with Gasteiger partial charge in [0.25, 0.3) is 0 Å². The van der Waals surface area contributed by atoms with Crippen LogP contribution in [0.3, 0.4) is 0 Å². The summed E-state index contributed by atoms with van der Waals surface area (Å²) in [7, 11) is 3.26. The Morgan fingerprint density at radius 2 is 1.29 bits per heavy atom. The lowest BCUT2D eigenvalue weighted by Crippen LogP contribution is -2.23. The van der Waals surface area contributed by atoms with Crippen LogP contribution in [0.5, 0.6) is 23.0 Å². The monoisotopic (exact) mass is 702 g/mol. The number of methoxy groups -OCH3 is 2. The summed E-state index contributed by atoms with van der Waals surface area (Å²) in [6, 6.07) is 30.8. The maximum Gasteiger partial charge on any atom is 0.331 e. The van der Waals surface area contributed by atoms with Crippen molar-refractivity contribution in [3.63, 3.8) is 0 Å². The molecule has 0 N–H and O–H groups in total. The Morgan fingerprint density at radius 3 is 1.88 bits per heavy atom. The van der Waals surface area contributed by atoms with Crippen LogP contribution in [0, 0.1) is 0 Å². The topological polar surface area (TPSA) is 89.5 Å². The van der Waals surface area contributed by atoms with Crippen LogP contribution in [0.1, 0.15) is 49.4 Å². The molecule has 0 radical (unpaired) electrons. The third kappa shape index (κ3) is 11.4. The van der Waals surface area contributed by atoms with Gasteiger partial charge < -0.3 is 28.4 Å². The molecular weight excluding hydrogens is 656 g/mol. The van der Waals surface area contributed by atoms with E-state index in [2.05, 4.69) is 0 Å². The molecule has 0 fully saturated rings. The highest BCUT2D eigenvalue weighted by molar-refractivity contribution is 5.84. The highest BCUT2D eigenvalue weighted by Gasteiger charge is 2.20. The van der Waals surface area contributed by atoms with Crippen LogP contribution in [0.15, 0.2) is 132 Å². The van der Waals surface area contributed by atoms with Crippen molar-refractivity contribution in [3.8, 4) is 23.0 Å². The number of esters is 2. The third-order valence-corrected chi connectivity index (χ3v) is 8.21. The maximum absolute atomic E-state index is 13.3. The summed E-state index contributed by atoms with van der Waals surface area (Å²) < 4.78 is 34.4. The molecule has 4 aromatic carbocycles. The van der Waals surface area contributed by atoms with Gasteiger partial charge in [0.05, 0.1) is 20.6 Å². The lowest BCUT2D eigenvalue weighted by molar-refractivity contribution is -0.148. The lowest BCUT2D eigenvalue weighted by Gasteiger charge is -2.22. The first-order valence-electron chi connectivity index (χ1n) is 17.2. The van der Waals surface area contributed by atoms with E-state index < -0.39 is 17.5 Å². The Balaban J connectivity index is 1.31. The minimum absolute atomic E-state index is 0.0310. The first-order chi connectivity index (χ1) is 25.1. The van der Waals surface area contributed by atoms with Crippen molar-refractivity contribution < 1.29 is 38.0 Å². The number of hydrogen-bond donors (Lipinski definition) is 0. The van der Waals surface area contributed by atoms with E-state index in [4.69, 9.17) is 28.4 Å². The lowest BCUT2D eigenvalue weighted by atomic mass is 9.87. The zero-order valence-electron chi connectivity index (χ0n) is 30.5. The van der Waals surface area contributed by atoms with Gasteiger partial charge in [-0.1, -0.05) is 72.8 Å². The quantitative estimate of drug-likeness (QED) is 0.0898. The molecule has 0 amide bonds. The molecule has 52 heavy (non-hydrogen) atoms. The summed E-state index contributed by atoms with van der Waals surface area (Å²) >= 11 is 0. The number of benzene rings is 4. The van der Waals surface area contributed by atoms with Crippen molar-refractivity contribution in [2.24, 2.45) is 0 Å². The van der Waals surface area contributed by atoms with E-state index in [1.54, 1.807) is 20.3 Å². The van der Waals surface area contributed by atoms with Crippen LogP contribution in [0.25, 0.3) is 0 Å². The molecule has 0 bridgehead atoms. The zero-order chi connectivity index (χ0) is 36.9. The number of carbonyl (C=O) groups excluding carboxylic acids is 2. The maximum atomic E-state index is 13.3. The molecule has 1 aliphatic carbocycles. The number of ether oxygens (including phenoxy) is 6. The van der Waals surface area contributed by atoms with Gasteiger partial charge in [-0.3, -0.25) is 4.79 Å². The van der Waals surface area contributed by atoms with Crippen LogP contribution in [-0.2, 0) is 45.1 Å². The molecule has 0 aromatic heterocycles. The highest BCUT2D eigenvalue weighted by Crippen LogP contribution is 2.32. The van der Waals surface area contributed by atoms with Gasteiger partial charge >= 0.3 is 11.9 Å². The molecular formula is C44H46O8. The smallest absolute Gasteiger partial charge is 0.331 e. The number of rotatable bonds is 15. The van der Waals surface area contributed by atoms with E-state index in [9.17, 15) is 9.59 Å².